The molecule has 9 nitrogen and oxygen atoms in total. The molecular weight excluding hydrogens is 294 g/mol. The molecule has 0 radical (unpaired) electrons. The molecule has 2 rings (SSSR count). The summed E-state index contributed by atoms with van der Waals surface area (Å²) in [5.74, 6) is 0.170. The summed E-state index contributed by atoms with van der Waals surface area (Å²) >= 11 is 0. The molecule has 0 aliphatic carbocycles. The molecule has 0 unspecified atom stereocenters. The fraction of sp³-hybridized carbons (Fsp3) is 0.385. The molecule has 2 aromatic rings. The molecule has 0 aliphatic rings. The van der Waals surface area contributed by atoms with E-state index < -0.39 is 28.9 Å². The van der Waals surface area contributed by atoms with Crippen molar-refractivity contribution in [1.82, 2.24) is 4.98 Å². The highest BCUT2D eigenvalue weighted by molar-refractivity contribution is 5.90. The molecule has 1 aromatic heterocycles. The average molecular weight is 309 g/mol. The first-order chi connectivity index (χ1) is 10.5. The third kappa shape index (κ3) is 3.08. The summed E-state index contributed by atoms with van der Waals surface area (Å²) < 4.78 is 10.4. The summed E-state index contributed by atoms with van der Waals surface area (Å²) in [6.07, 6.45) is 1.55. The Hall–Kier alpha value is -2.84. The largest absolute Gasteiger partial charge is 0.497 e. The lowest BCUT2D eigenvalue weighted by Crippen LogP contribution is -2.20. The molecule has 0 bridgehead atoms. The van der Waals surface area contributed by atoms with Crippen LogP contribution in [-0.4, -0.2) is 42.1 Å². The summed E-state index contributed by atoms with van der Waals surface area (Å²) in [5.41, 5.74) is 1.12. The number of methoxy groups -OCH3 is 2. The minimum atomic E-state index is -0.837. The molecule has 22 heavy (non-hydrogen) atoms. The molecule has 118 valence electrons. The normalized spacial score (nSPS) is 10.9. The molecular formula is C13H15N3O6. The number of rotatable bonds is 7. The van der Waals surface area contributed by atoms with Crippen molar-refractivity contribution in [1.29, 1.82) is 0 Å². The third-order valence-electron chi connectivity index (χ3n) is 3.39. The van der Waals surface area contributed by atoms with E-state index in [-0.39, 0.29) is 0 Å². The van der Waals surface area contributed by atoms with Crippen molar-refractivity contribution in [3.05, 3.63) is 44.1 Å². The van der Waals surface area contributed by atoms with Gasteiger partial charge in [0.15, 0.2) is 0 Å². The number of hydrogen-bond acceptors (Lipinski definition) is 6. The average Bonchev–Trinajstić information content (AvgIpc) is 2.88. The van der Waals surface area contributed by atoms with Crippen LogP contribution >= 0.6 is 0 Å². The van der Waals surface area contributed by atoms with Crippen LogP contribution in [0.1, 0.15) is 11.5 Å². The second-order valence-electron chi connectivity index (χ2n) is 4.72. The van der Waals surface area contributed by atoms with Crippen LogP contribution in [0, 0.1) is 20.2 Å². The zero-order valence-corrected chi connectivity index (χ0v) is 12.1. The Morgan fingerprint density at radius 1 is 1.14 bits per heavy atom. The maximum atomic E-state index is 10.8. The van der Waals surface area contributed by atoms with Gasteiger partial charge in [-0.1, -0.05) is 0 Å². The first-order valence-electron chi connectivity index (χ1n) is 6.42. The van der Waals surface area contributed by atoms with E-state index in [1.165, 1.54) is 14.2 Å². The van der Waals surface area contributed by atoms with E-state index >= 15 is 0 Å². The fourth-order valence-corrected chi connectivity index (χ4v) is 2.43. The van der Waals surface area contributed by atoms with Crippen molar-refractivity contribution in [3.63, 3.8) is 0 Å². The van der Waals surface area contributed by atoms with Crippen molar-refractivity contribution in [2.24, 2.45) is 0 Å². The van der Waals surface area contributed by atoms with E-state index in [2.05, 4.69) is 4.98 Å². The van der Waals surface area contributed by atoms with Crippen LogP contribution in [0.25, 0.3) is 10.9 Å². The lowest BCUT2D eigenvalue weighted by atomic mass is 9.98. The number of nitrogens with one attached hydrogen (secondary N) is 1. The Labute approximate surface area is 125 Å². The zero-order valence-electron chi connectivity index (χ0n) is 12.1. The predicted molar refractivity (Wildman–Crippen MR) is 77.9 cm³/mol. The predicted octanol–water partition coefficient (Wildman–Crippen LogP) is 1.82. The highest BCUT2D eigenvalue weighted by Crippen LogP contribution is 2.35. The molecule has 1 aromatic carbocycles. The molecule has 1 N–H and O–H groups in total. The monoisotopic (exact) mass is 309 g/mol. The van der Waals surface area contributed by atoms with Crippen molar-refractivity contribution < 1.29 is 19.3 Å². The smallest absolute Gasteiger partial charge is 0.217 e. The Morgan fingerprint density at radius 3 is 2.27 bits per heavy atom. The molecule has 0 amide bonds. The summed E-state index contributed by atoms with van der Waals surface area (Å²) in [6, 6.07) is 3.34. The zero-order chi connectivity index (χ0) is 16.3. The van der Waals surface area contributed by atoms with Crippen molar-refractivity contribution >= 4 is 10.9 Å². The van der Waals surface area contributed by atoms with Gasteiger partial charge in [-0.3, -0.25) is 20.2 Å². The number of aromatic amines is 1. The highest BCUT2D eigenvalue weighted by Gasteiger charge is 2.27. The van der Waals surface area contributed by atoms with E-state index in [1.54, 1.807) is 18.3 Å². The summed E-state index contributed by atoms with van der Waals surface area (Å²) in [6.45, 7) is -1.04. The standard InChI is InChI=1S/C13H15N3O6/c1-21-9-3-10-11(5-14-13(10)12(4-9)22-2)8(6-15(17)18)7-16(19)20/h3-5,8,14H,6-7H2,1-2H3. The number of H-pyrrole nitrogens is 1. The van der Waals surface area contributed by atoms with Gasteiger partial charge in [0.1, 0.15) is 17.4 Å². The van der Waals surface area contributed by atoms with E-state index in [0.29, 0.717) is 28.0 Å². The van der Waals surface area contributed by atoms with Crippen molar-refractivity contribution in [2.45, 2.75) is 5.92 Å². The Bertz CT molecular complexity index is 695. The third-order valence-corrected chi connectivity index (χ3v) is 3.39. The Balaban J connectivity index is 2.56. The molecule has 0 fully saturated rings. The molecule has 0 atom stereocenters. The van der Waals surface area contributed by atoms with E-state index in [1.807, 2.05) is 0 Å². The van der Waals surface area contributed by atoms with Gasteiger partial charge in [0, 0.05) is 27.5 Å². The van der Waals surface area contributed by atoms with Crippen LogP contribution in [0.4, 0.5) is 0 Å². The fourth-order valence-electron chi connectivity index (χ4n) is 2.43. The van der Waals surface area contributed by atoms with Gasteiger partial charge in [-0.05, 0) is 11.6 Å². The van der Waals surface area contributed by atoms with Crippen LogP contribution in [0.15, 0.2) is 18.3 Å². The van der Waals surface area contributed by atoms with Gasteiger partial charge in [-0.15, -0.1) is 0 Å². The molecule has 0 spiro atoms. The minimum Gasteiger partial charge on any atom is -0.497 e. The van der Waals surface area contributed by atoms with Gasteiger partial charge in [0.25, 0.3) is 0 Å². The van der Waals surface area contributed by atoms with Crippen LogP contribution < -0.4 is 9.47 Å². The highest BCUT2D eigenvalue weighted by atomic mass is 16.6. The summed E-state index contributed by atoms with van der Waals surface area (Å²) in [5, 5.41) is 22.2. The molecule has 1 heterocycles. The maximum absolute atomic E-state index is 10.8. The molecule has 9 heteroatoms. The minimum absolute atomic E-state index is 0.501. The van der Waals surface area contributed by atoms with Gasteiger partial charge >= 0.3 is 0 Å². The topological polar surface area (TPSA) is 121 Å². The van der Waals surface area contributed by atoms with Crippen LogP contribution in [0.2, 0.25) is 0 Å². The van der Waals surface area contributed by atoms with Gasteiger partial charge in [-0.2, -0.15) is 0 Å². The number of nitrogens with zero attached hydrogens (tertiary/aromatic N) is 2. The van der Waals surface area contributed by atoms with Gasteiger partial charge < -0.3 is 14.5 Å². The summed E-state index contributed by atoms with van der Waals surface area (Å²) in [7, 11) is 2.97. The number of fused-ring (bicyclic) bond motifs is 1. The van der Waals surface area contributed by atoms with Gasteiger partial charge in [0.2, 0.25) is 13.1 Å². The molecule has 0 saturated heterocycles. The first-order valence-corrected chi connectivity index (χ1v) is 6.42. The van der Waals surface area contributed by atoms with Crippen molar-refractivity contribution in [3.8, 4) is 11.5 Å². The van der Waals surface area contributed by atoms with Crippen LogP contribution in [0.5, 0.6) is 11.5 Å². The second kappa shape index (κ2) is 6.29. The number of hydrogen-bond donors (Lipinski definition) is 1. The quantitative estimate of drug-likeness (QED) is 0.615. The van der Waals surface area contributed by atoms with Crippen molar-refractivity contribution in [2.75, 3.05) is 27.3 Å². The first kappa shape index (κ1) is 15.5. The van der Waals surface area contributed by atoms with Crippen LogP contribution in [0.3, 0.4) is 0 Å². The Kier molecular flexibility index (Phi) is 4.44. The number of benzene rings is 1. The molecule has 0 aliphatic heterocycles. The number of ether oxygens (including phenoxy) is 2. The van der Waals surface area contributed by atoms with Gasteiger partial charge in [0.05, 0.1) is 19.7 Å². The van der Waals surface area contributed by atoms with E-state index in [9.17, 15) is 20.2 Å². The maximum Gasteiger partial charge on any atom is 0.217 e. The SMILES string of the molecule is COc1cc(OC)c2[nH]cc(C(C[N+](=O)[O-])C[N+](=O)[O-])c2c1. The van der Waals surface area contributed by atoms with E-state index in [4.69, 9.17) is 9.47 Å². The van der Waals surface area contributed by atoms with Crippen LogP contribution in [-0.2, 0) is 0 Å². The lowest BCUT2D eigenvalue weighted by molar-refractivity contribution is -0.516. The molecule has 0 saturated carbocycles. The Morgan fingerprint density at radius 2 is 1.77 bits per heavy atom. The second-order valence-corrected chi connectivity index (χ2v) is 4.72. The number of aromatic nitrogens is 1. The lowest BCUT2D eigenvalue weighted by Gasteiger charge is -2.09. The van der Waals surface area contributed by atoms with E-state index in [0.717, 1.165) is 0 Å². The van der Waals surface area contributed by atoms with Gasteiger partial charge in [-0.25, -0.2) is 0 Å². The summed E-state index contributed by atoms with van der Waals surface area (Å²) in [4.78, 5) is 23.4. The number of nitro groups is 2.